The topological polar surface area (TPSA) is 46.5 Å². The Bertz CT molecular complexity index is 208. The van der Waals surface area contributed by atoms with E-state index in [9.17, 15) is 4.79 Å². The normalized spacial score (nSPS) is 31.2. The van der Waals surface area contributed by atoms with Gasteiger partial charge in [0.15, 0.2) is 0 Å². The highest BCUT2D eigenvalue weighted by atomic mass is 16.5. The van der Waals surface area contributed by atoms with Crippen LogP contribution in [0.5, 0.6) is 0 Å². The van der Waals surface area contributed by atoms with Crippen LogP contribution in [0.15, 0.2) is 0 Å². The maximum atomic E-state index is 10.5. The molecule has 1 atom stereocenters. The average molecular weight is 184 g/mol. The Balaban J connectivity index is 1.88. The first-order chi connectivity index (χ1) is 6.20. The molecule has 1 heterocycles. The van der Waals surface area contributed by atoms with Gasteiger partial charge >= 0.3 is 5.97 Å². The van der Waals surface area contributed by atoms with Gasteiger partial charge in [0.25, 0.3) is 0 Å². The van der Waals surface area contributed by atoms with E-state index in [2.05, 4.69) is 0 Å². The zero-order chi connectivity index (χ0) is 9.31. The lowest BCUT2D eigenvalue weighted by atomic mass is 9.63. The molecule has 1 spiro atoms. The highest BCUT2D eigenvalue weighted by Crippen LogP contribution is 2.50. The van der Waals surface area contributed by atoms with Crippen LogP contribution >= 0.6 is 0 Å². The number of carbonyl (C=O) groups is 1. The summed E-state index contributed by atoms with van der Waals surface area (Å²) < 4.78 is 5.44. The van der Waals surface area contributed by atoms with Crippen molar-refractivity contribution in [3.05, 3.63) is 0 Å². The number of carboxylic acids is 1. The van der Waals surface area contributed by atoms with Crippen molar-refractivity contribution in [2.24, 2.45) is 5.41 Å². The lowest BCUT2D eigenvalue weighted by Crippen LogP contribution is -2.40. The molecule has 74 valence electrons. The third-order valence-corrected chi connectivity index (χ3v) is 3.46. The largest absolute Gasteiger partial charge is 0.481 e. The minimum atomic E-state index is -0.735. The van der Waals surface area contributed by atoms with Crippen molar-refractivity contribution in [2.75, 3.05) is 6.61 Å². The van der Waals surface area contributed by atoms with E-state index >= 15 is 0 Å². The molecule has 2 rings (SSSR count). The van der Waals surface area contributed by atoms with Gasteiger partial charge in [-0.15, -0.1) is 0 Å². The fourth-order valence-electron chi connectivity index (χ4n) is 2.54. The minimum absolute atomic E-state index is 0.0217. The molecule has 1 aliphatic carbocycles. The number of hydrogen-bond acceptors (Lipinski definition) is 2. The molecule has 1 saturated heterocycles. The number of aliphatic carboxylic acids is 1. The van der Waals surface area contributed by atoms with Crippen LogP contribution in [0.4, 0.5) is 0 Å². The van der Waals surface area contributed by atoms with Crippen molar-refractivity contribution in [1.82, 2.24) is 0 Å². The quantitative estimate of drug-likeness (QED) is 0.712. The molecule has 3 heteroatoms. The third-order valence-electron chi connectivity index (χ3n) is 3.46. The molecule has 0 aromatic rings. The van der Waals surface area contributed by atoms with Crippen LogP contribution in [0, 0.1) is 5.41 Å². The van der Waals surface area contributed by atoms with Crippen LogP contribution < -0.4 is 0 Å². The smallest absolute Gasteiger partial charge is 0.305 e. The third kappa shape index (κ3) is 1.85. The van der Waals surface area contributed by atoms with Gasteiger partial charge in [0, 0.05) is 6.61 Å². The van der Waals surface area contributed by atoms with Crippen LogP contribution in [0.2, 0.25) is 0 Å². The number of ether oxygens (including phenoxy) is 1. The summed E-state index contributed by atoms with van der Waals surface area (Å²) in [5.41, 5.74) is 0.471. The summed E-state index contributed by atoms with van der Waals surface area (Å²) in [5, 5.41) is 8.65. The maximum Gasteiger partial charge on any atom is 0.305 e. The molecule has 0 aromatic carbocycles. The van der Waals surface area contributed by atoms with Gasteiger partial charge in [-0.25, -0.2) is 0 Å². The van der Waals surface area contributed by atoms with E-state index in [0.29, 0.717) is 5.41 Å². The molecular formula is C10H16O3. The average Bonchev–Trinajstić information content (AvgIpc) is 2.01. The molecule has 1 N–H and O–H groups in total. The monoisotopic (exact) mass is 184 g/mol. The van der Waals surface area contributed by atoms with Gasteiger partial charge in [0.1, 0.15) is 0 Å². The van der Waals surface area contributed by atoms with E-state index < -0.39 is 5.97 Å². The Hall–Kier alpha value is -0.570. The SMILES string of the molecule is O=C(O)CC1CC2(CCC2)CCO1. The van der Waals surface area contributed by atoms with E-state index in [-0.39, 0.29) is 12.5 Å². The molecule has 1 unspecified atom stereocenters. The Morgan fingerprint density at radius 1 is 1.46 bits per heavy atom. The summed E-state index contributed by atoms with van der Waals surface area (Å²) in [6, 6.07) is 0. The molecule has 3 nitrogen and oxygen atoms in total. The van der Waals surface area contributed by atoms with Crippen molar-refractivity contribution >= 4 is 5.97 Å². The predicted octanol–water partition coefficient (Wildman–Crippen LogP) is 1.81. The molecule has 1 aliphatic heterocycles. The number of hydrogen-bond donors (Lipinski definition) is 1. The van der Waals surface area contributed by atoms with E-state index in [1.807, 2.05) is 0 Å². The fourth-order valence-corrected chi connectivity index (χ4v) is 2.54. The Kier molecular flexibility index (Phi) is 2.28. The zero-order valence-corrected chi connectivity index (χ0v) is 7.79. The standard InChI is InChI=1S/C10H16O3/c11-9(12)6-8-7-10(2-1-3-10)4-5-13-8/h8H,1-7H2,(H,11,12). The van der Waals surface area contributed by atoms with Crippen LogP contribution in [-0.2, 0) is 9.53 Å². The lowest BCUT2D eigenvalue weighted by molar-refractivity contribution is -0.144. The number of carboxylic acid groups (broad SMARTS) is 1. The van der Waals surface area contributed by atoms with Crippen LogP contribution in [0.3, 0.4) is 0 Å². The Morgan fingerprint density at radius 2 is 2.23 bits per heavy atom. The first-order valence-electron chi connectivity index (χ1n) is 5.04. The molecular weight excluding hydrogens is 168 g/mol. The van der Waals surface area contributed by atoms with E-state index in [0.717, 1.165) is 19.4 Å². The van der Waals surface area contributed by atoms with Crippen molar-refractivity contribution in [3.8, 4) is 0 Å². The summed E-state index contributed by atoms with van der Waals surface area (Å²) in [5.74, 6) is -0.735. The molecule has 0 aromatic heterocycles. The molecule has 13 heavy (non-hydrogen) atoms. The maximum absolute atomic E-state index is 10.5. The predicted molar refractivity (Wildman–Crippen MR) is 47.5 cm³/mol. The van der Waals surface area contributed by atoms with Crippen LogP contribution in [0.1, 0.15) is 38.5 Å². The van der Waals surface area contributed by atoms with E-state index in [4.69, 9.17) is 9.84 Å². The minimum Gasteiger partial charge on any atom is -0.481 e. The molecule has 1 saturated carbocycles. The fraction of sp³-hybridized carbons (Fsp3) is 0.900. The van der Waals surface area contributed by atoms with Gasteiger partial charge in [-0.2, -0.15) is 0 Å². The summed E-state index contributed by atoms with van der Waals surface area (Å²) in [6.45, 7) is 0.762. The molecule has 2 aliphatic rings. The first kappa shape index (κ1) is 9.00. The molecule has 0 amide bonds. The van der Waals surface area contributed by atoms with Gasteiger partial charge in [-0.05, 0) is 31.1 Å². The van der Waals surface area contributed by atoms with Gasteiger partial charge in [-0.3, -0.25) is 4.79 Å². The van der Waals surface area contributed by atoms with Crippen molar-refractivity contribution in [1.29, 1.82) is 0 Å². The number of rotatable bonds is 2. The van der Waals surface area contributed by atoms with Crippen LogP contribution in [0.25, 0.3) is 0 Å². The second kappa shape index (κ2) is 3.29. The Labute approximate surface area is 78.1 Å². The highest BCUT2D eigenvalue weighted by Gasteiger charge is 2.41. The second-order valence-corrected chi connectivity index (χ2v) is 4.40. The zero-order valence-electron chi connectivity index (χ0n) is 7.79. The van der Waals surface area contributed by atoms with Crippen molar-refractivity contribution in [3.63, 3.8) is 0 Å². The first-order valence-corrected chi connectivity index (χ1v) is 5.04. The summed E-state index contributed by atoms with van der Waals surface area (Å²) >= 11 is 0. The summed E-state index contributed by atoms with van der Waals surface area (Å²) in [6.07, 6.45) is 6.16. The summed E-state index contributed by atoms with van der Waals surface area (Å²) in [4.78, 5) is 10.5. The summed E-state index contributed by atoms with van der Waals surface area (Å²) in [7, 11) is 0. The van der Waals surface area contributed by atoms with Gasteiger partial charge in [0.2, 0.25) is 0 Å². The highest BCUT2D eigenvalue weighted by molar-refractivity contribution is 5.67. The van der Waals surface area contributed by atoms with E-state index in [1.165, 1.54) is 19.3 Å². The van der Waals surface area contributed by atoms with Crippen LogP contribution in [-0.4, -0.2) is 23.8 Å². The molecule has 0 bridgehead atoms. The molecule has 0 radical (unpaired) electrons. The van der Waals surface area contributed by atoms with Gasteiger partial charge in [0.05, 0.1) is 12.5 Å². The van der Waals surface area contributed by atoms with E-state index in [1.54, 1.807) is 0 Å². The molecule has 2 fully saturated rings. The van der Waals surface area contributed by atoms with Crippen molar-refractivity contribution in [2.45, 2.75) is 44.6 Å². The second-order valence-electron chi connectivity index (χ2n) is 4.40. The Morgan fingerprint density at radius 3 is 2.77 bits per heavy atom. The van der Waals surface area contributed by atoms with Gasteiger partial charge < -0.3 is 9.84 Å². The van der Waals surface area contributed by atoms with Gasteiger partial charge in [-0.1, -0.05) is 6.42 Å². The van der Waals surface area contributed by atoms with Crippen molar-refractivity contribution < 1.29 is 14.6 Å². The lowest BCUT2D eigenvalue weighted by Gasteiger charge is -2.47.